The van der Waals surface area contributed by atoms with Crippen LogP contribution in [0.25, 0.3) is 0 Å². The van der Waals surface area contributed by atoms with Gasteiger partial charge < -0.3 is 9.64 Å². The lowest BCUT2D eigenvalue weighted by atomic mass is 10.1. The van der Waals surface area contributed by atoms with Crippen LogP contribution in [0.5, 0.6) is 6.01 Å². The third-order valence-corrected chi connectivity index (χ3v) is 6.24. The van der Waals surface area contributed by atoms with Crippen molar-refractivity contribution in [3.05, 3.63) is 48.0 Å². The van der Waals surface area contributed by atoms with Crippen molar-refractivity contribution in [3.8, 4) is 6.01 Å². The Morgan fingerprint density at radius 2 is 1.86 bits per heavy atom. The molecule has 0 saturated carbocycles. The molecule has 1 fully saturated rings. The highest BCUT2D eigenvalue weighted by molar-refractivity contribution is 7.89. The van der Waals surface area contributed by atoms with Gasteiger partial charge in [-0.25, -0.2) is 27.1 Å². The molecular weight excluding hydrogens is 387 g/mol. The van der Waals surface area contributed by atoms with Crippen molar-refractivity contribution in [2.45, 2.75) is 23.8 Å². The quantitative estimate of drug-likeness (QED) is 0.745. The topological polar surface area (TPSA) is 92.7 Å². The fourth-order valence-electron chi connectivity index (χ4n) is 2.89. The van der Waals surface area contributed by atoms with Gasteiger partial charge in [0.1, 0.15) is 6.10 Å². The molecule has 1 amide bonds. The second-order valence-corrected chi connectivity index (χ2v) is 8.78. The van der Waals surface area contributed by atoms with Crippen molar-refractivity contribution in [3.63, 3.8) is 0 Å². The maximum absolute atomic E-state index is 12.9. The number of carbonyl (C=O) groups excluding carboxylic acids is 1. The maximum Gasteiger partial charge on any atom is 0.316 e. The Labute approximate surface area is 163 Å². The van der Waals surface area contributed by atoms with E-state index >= 15 is 0 Å². The zero-order valence-corrected chi connectivity index (χ0v) is 16.4. The number of amides is 1. The Balaban J connectivity index is 1.67. The van der Waals surface area contributed by atoms with Crippen molar-refractivity contribution in [2.24, 2.45) is 0 Å². The van der Waals surface area contributed by atoms with Gasteiger partial charge in [0.25, 0.3) is 5.91 Å². The first-order valence-corrected chi connectivity index (χ1v) is 10.2. The fraction of sp³-hybridized carbons (Fsp3) is 0.389. The molecule has 2 aromatic rings. The summed E-state index contributed by atoms with van der Waals surface area (Å²) in [6, 6.07) is 5.93. The Morgan fingerprint density at radius 3 is 2.46 bits per heavy atom. The van der Waals surface area contributed by atoms with Gasteiger partial charge in [0.15, 0.2) is 5.82 Å². The van der Waals surface area contributed by atoms with Crippen molar-refractivity contribution >= 4 is 15.9 Å². The largest absolute Gasteiger partial charge is 0.458 e. The summed E-state index contributed by atoms with van der Waals surface area (Å²) in [6.45, 7) is 0.915. The molecule has 1 aromatic heterocycles. The summed E-state index contributed by atoms with van der Waals surface area (Å²) >= 11 is 0. The van der Waals surface area contributed by atoms with Crippen LogP contribution >= 0.6 is 0 Å². The minimum Gasteiger partial charge on any atom is -0.458 e. The van der Waals surface area contributed by atoms with Gasteiger partial charge in [-0.05, 0) is 37.1 Å². The first-order valence-electron chi connectivity index (χ1n) is 8.73. The number of aromatic nitrogens is 2. The lowest BCUT2D eigenvalue weighted by Crippen LogP contribution is -2.44. The van der Waals surface area contributed by atoms with E-state index < -0.39 is 15.8 Å². The maximum atomic E-state index is 12.9. The highest BCUT2D eigenvalue weighted by Crippen LogP contribution is 2.19. The van der Waals surface area contributed by atoms with Gasteiger partial charge in [-0.2, -0.15) is 0 Å². The molecule has 3 rings (SSSR count). The SMILES string of the molecule is CN(C)S(=O)(=O)c1ccc(C(=O)N2CCCC(Oc3ncc(F)cn3)C2)cc1. The van der Waals surface area contributed by atoms with E-state index in [1.54, 1.807) is 4.90 Å². The lowest BCUT2D eigenvalue weighted by Gasteiger charge is -2.32. The van der Waals surface area contributed by atoms with Crippen LogP contribution in [0.2, 0.25) is 0 Å². The second kappa shape index (κ2) is 8.19. The summed E-state index contributed by atoms with van der Waals surface area (Å²) in [7, 11) is -0.640. The van der Waals surface area contributed by atoms with Crippen LogP contribution in [-0.2, 0) is 10.0 Å². The minimum atomic E-state index is -3.54. The third-order valence-electron chi connectivity index (χ3n) is 4.41. The molecule has 150 valence electrons. The smallest absolute Gasteiger partial charge is 0.316 e. The second-order valence-electron chi connectivity index (χ2n) is 6.63. The number of benzene rings is 1. The molecule has 2 heterocycles. The van der Waals surface area contributed by atoms with E-state index in [-0.39, 0.29) is 22.9 Å². The zero-order chi connectivity index (χ0) is 20.3. The predicted molar refractivity (Wildman–Crippen MR) is 98.9 cm³/mol. The average Bonchev–Trinajstić information content (AvgIpc) is 2.69. The average molecular weight is 408 g/mol. The van der Waals surface area contributed by atoms with Gasteiger partial charge in [0.2, 0.25) is 10.0 Å². The van der Waals surface area contributed by atoms with Crippen LogP contribution in [0, 0.1) is 5.82 Å². The molecule has 0 radical (unpaired) electrons. The van der Waals surface area contributed by atoms with Crippen molar-refractivity contribution in [1.82, 2.24) is 19.2 Å². The molecule has 1 unspecified atom stereocenters. The molecule has 0 aliphatic carbocycles. The summed E-state index contributed by atoms with van der Waals surface area (Å²) in [4.78, 5) is 22.1. The predicted octanol–water partition coefficient (Wildman–Crippen LogP) is 1.55. The number of piperidine rings is 1. The summed E-state index contributed by atoms with van der Waals surface area (Å²) < 4.78 is 43.9. The van der Waals surface area contributed by atoms with Crippen LogP contribution < -0.4 is 4.74 Å². The Morgan fingerprint density at radius 1 is 1.21 bits per heavy atom. The first-order chi connectivity index (χ1) is 13.3. The zero-order valence-electron chi connectivity index (χ0n) is 15.6. The molecule has 1 aliphatic rings. The van der Waals surface area contributed by atoms with Gasteiger partial charge in [0, 0.05) is 26.2 Å². The third kappa shape index (κ3) is 4.45. The summed E-state index contributed by atoms with van der Waals surface area (Å²) in [6.07, 6.45) is 3.22. The number of likely N-dealkylation sites (tertiary alicyclic amines) is 1. The van der Waals surface area contributed by atoms with E-state index in [0.717, 1.165) is 29.5 Å². The van der Waals surface area contributed by atoms with E-state index in [1.165, 1.54) is 38.4 Å². The van der Waals surface area contributed by atoms with E-state index in [0.29, 0.717) is 18.7 Å². The number of sulfonamides is 1. The van der Waals surface area contributed by atoms with E-state index in [1.807, 2.05) is 0 Å². The Kier molecular flexibility index (Phi) is 5.90. The molecule has 8 nitrogen and oxygen atoms in total. The molecule has 28 heavy (non-hydrogen) atoms. The number of halogens is 1. The highest BCUT2D eigenvalue weighted by Gasteiger charge is 2.27. The van der Waals surface area contributed by atoms with Crippen LogP contribution in [0.1, 0.15) is 23.2 Å². The number of carbonyl (C=O) groups is 1. The fourth-order valence-corrected chi connectivity index (χ4v) is 3.79. The number of nitrogens with zero attached hydrogens (tertiary/aromatic N) is 4. The van der Waals surface area contributed by atoms with Crippen LogP contribution in [0.3, 0.4) is 0 Å². The van der Waals surface area contributed by atoms with Gasteiger partial charge in [-0.15, -0.1) is 0 Å². The van der Waals surface area contributed by atoms with Crippen LogP contribution in [0.15, 0.2) is 41.6 Å². The summed E-state index contributed by atoms with van der Waals surface area (Å²) in [5.74, 6) is -0.755. The Hall–Kier alpha value is -2.59. The number of hydrogen-bond acceptors (Lipinski definition) is 6. The minimum absolute atomic E-state index is 0.0685. The van der Waals surface area contributed by atoms with Gasteiger partial charge in [-0.3, -0.25) is 4.79 Å². The molecule has 10 heteroatoms. The van der Waals surface area contributed by atoms with E-state index in [4.69, 9.17) is 4.74 Å². The molecule has 1 atom stereocenters. The van der Waals surface area contributed by atoms with Crippen LogP contribution in [-0.4, -0.2) is 66.8 Å². The standard InChI is InChI=1S/C18H21FN4O4S/c1-22(2)28(25,26)16-7-5-13(6-8-16)17(24)23-9-3-4-15(12-23)27-18-20-10-14(19)11-21-18/h5-8,10-11,15H,3-4,9,12H2,1-2H3. The number of hydrogen-bond donors (Lipinski definition) is 0. The highest BCUT2D eigenvalue weighted by atomic mass is 32.2. The van der Waals surface area contributed by atoms with Crippen molar-refractivity contribution in [1.29, 1.82) is 0 Å². The van der Waals surface area contributed by atoms with Gasteiger partial charge in [-0.1, -0.05) is 0 Å². The molecule has 1 aromatic carbocycles. The molecule has 0 spiro atoms. The summed E-state index contributed by atoms with van der Waals surface area (Å²) in [5.41, 5.74) is 0.399. The molecular formula is C18H21FN4O4S. The van der Waals surface area contributed by atoms with Crippen molar-refractivity contribution < 1.29 is 22.3 Å². The molecule has 0 N–H and O–H groups in total. The molecule has 1 aliphatic heterocycles. The first kappa shape index (κ1) is 20.2. The normalized spacial score (nSPS) is 17.6. The van der Waals surface area contributed by atoms with Crippen molar-refractivity contribution in [2.75, 3.05) is 27.2 Å². The Bertz CT molecular complexity index is 933. The number of ether oxygens (including phenoxy) is 1. The summed E-state index contributed by atoms with van der Waals surface area (Å²) in [5, 5.41) is 0. The number of rotatable bonds is 5. The van der Waals surface area contributed by atoms with E-state index in [9.17, 15) is 17.6 Å². The molecule has 0 bridgehead atoms. The van der Waals surface area contributed by atoms with Gasteiger partial charge in [0.05, 0.1) is 23.8 Å². The van der Waals surface area contributed by atoms with Crippen LogP contribution in [0.4, 0.5) is 4.39 Å². The van der Waals surface area contributed by atoms with Gasteiger partial charge >= 0.3 is 6.01 Å². The monoisotopic (exact) mass is 408 g/mol. The molecule has 1 saturated heterocycles. The lowest BCUT2D eigenvalue weighted by molar-refractivity contribution is 0.0515. The van der Waals surface area contributed by atoms with E-state index in [2.05, 4.69) is 9.97 Å².